The van der Waals surface area contributed by atoms with Crippen molar-refractivity contribution in [3.05, 3.63) is 24.3 Å². The smallest absolute Gasteiger partial charge is 0.330 e. The van der Waals surface area contributed by atoms with E-state index in [4.69, 9.17) is 0 Å². The van der Waals surface area contributed by atoms with E-state index < -0.39 is 5.97 Å². The normalized spacial score (nSPS) is 12.3. The lowest BCUT2D eigenvalue weighted by Crippen LogP contribution is -2.17. The van der Waals surface area contributed by atoms with Crippen LogP contribution in [0, 0.1) is 5.41 Å². The average molecular weight is 210 g/mol. The molecule has 0 saturated heterocycles. The molecule has 3 nitrogen and oxygen atoms in total. The number of esters is 1. The van der Waals surface area contributed by atoms with Crippen molar-refractivity contribution in [1.29, 1.82) is 0 Å². The molecule has 0 fully saturated rings. The first-order valence-corrected chi connectivity index (χ1v) is 4.94. The van der Waals surface area contributed by atoms with E-state index >= 15 is 0 Å². The Morgan fingerprint density at radius 1 is 1.13 bits per heavy atom. The second-order valence-electron chi connectivity index (χ2n) is 4.08. The van der Waals surface area contributed by atoms with Crippen LogP contribution in [-0.4, -0.2) is 18.4 Å². The van der Waals surface area contributed by atoms with E-state index in [1.165, 1.54) is 18.2 Å². The van der Waals surface area contributed by atoms with Crippen LogP contribution < -0.4 is 0 Å². The summed E-state index contributed by atoms with van der Waals surface area (Å²) in [6.07, 6.45) is 5.79. The largest absolute Gasteiger partial charge is 0.463 e. The lowest BCUT2D eigenvalue weighted by Gasteiger charge is -2.12. The number of carbonyl (C=O) groups is 2. The molecule has 0 aromatic carbocycles. The lowest BCUT2D eigenvalue weighted by atomic mass is 9.91. The Balaban J connectivity index is 4.11. The molecule has 0 aliphatic heterocycles. The first-order chi connectivity index (χ1) is 6.88. The number of carbonyl (C=O) groups excluding carboxylic acids is 2. The first-order valence-electron chi connectivity index (χ1n) is 4.94. The van der Waals surface area contributed by atoms with Crippen LogP contribution in [0.1, 0.15) is 27.7 Å². The minimum Gasteiger partial charge on any atom is -0.463 e. The molecule has 0 atom stereocenters. The highest BCUT2D eigenvalue weighted by Gasteiger charge is 2.17. The summed E-state index contributed by atoms with van der Waals surface area (Å²) < 4.78 is 4.67. The van der Waals surface area contributed by atoms with Gasteiger partial charge in [-0.25, -0.2) is 4.79 Å². The van der Waals surface area contributed by atoms with Crippen molar-refractivity contribution in [3.8, 4) is 0 Å². The van der Waals surface area contributed by atoms with E-state index in [0.29, 0.717) is 6.61 Å². The fourth-order valence-electron chi connectivity index (χ4n) is 0.717. The maximum atomic E-state index is 11.4. The zero-order chi connectivity index (χ0) is 11.9. The SMILES string of the molecule is CCOC(=O)/C=C/C=C/C(=O)C(C)(C)C. The second kappa shape index (κ2) is 6.17. The molecule has 0 N–H and O–H groups in total. The van der Waals surface area contributed by atoms with Crippen molar-refractivity contribution in [3.63, 3.8) is 0 Å². The average Bonchev–Trinajstić information content (AvgIpc) is 2.11. The molecule has 15 heavy (non-hydrogen) atoms. The van der Waals surface area contributed by atoms with Gasteiger partial charge in [0.15, 0.2) is 5.78 Å². The molecule has 0 bridgehead atoms. The number of hydrogen-bond acceptors (Lipinski definition) is 3. The fraction of sp³-hybridized carbons (Fsp3) is 0.500. The second-order valence-corrected chi connectivity index (χ2v) is 4.08. The Labute approximate surface area is 90.8 Å². The molecule has 0 radical (unpaired) electrons. The topological polar surface area (TPSA) is 43.4 Å². The van der Waals surface area contributed by atoms with Crippen molar-refractivity contribution in [2.45, 2.75) is 27.7 Å². The highest BCUT2D eigenvalue weighted by Crippen LogP contribution is 2.14. The van der Waals surface area contributed by atoms with Gasteiger partial charge in [0.25, 0.3) is 0 Å². The Bertz CT molecular complexity index is 280. The number of allylic oxidation sites excluding steroid dienone is 3. The van der Waals surface area contributed by atoms with E-state index in [-0.39, 0.29) is 11.2 Å². The van der Waals surface area contributed by atoms with Gasteiger partial charge in [0, 0.05) is 11.5 Å². The molecule has 84 valence electrons. The van der Waals surface area contributed by atoms with Crippen LogP contribution in [0.3, 0.4) is 0 Å². The number of rotatable bonds is 4. The van der Waals surface area contributed by atoms with E-state index in [9.17, 15) is 9.59 Å². The van der Waals surface area contributed by atoms with Gasteiger partial charge in [-0.1, -0.05) is 32.9 Å². The minimum atomic E-state index is -0.398. The van der Waals surface area contributed by atoms with E-state index in [0.717, 1.165) is 0 Å². The molecule has 0 aliphatic rings. The first kappa shape index (κ1) is 13.6. The molecular formula is C12H18O3. The Hall–Kier alpha value is -1.38. The molecule has 0 unspecified atom stereocenters. The Morgan fingerprint density at radius 2 is 1.67 bits per heavy atom. The lowest BCUT2D eigenvalue weighted by molar-refractivity contribution is -0.137. The molecule has 0 spiro atoms. The van der Waals surface area contributed by atoms with Gasteiger partial charge in [-0.2, -0.15) is 0 Å². The van der Waals surface area contributed by atoms with Crippen LogP contribution in [0.25, 0.3) is 0 Å². The molecule has 0 aromatic heterocycles. The summed E-state index contributed by atoms with van der Waals surface area (Å²) in [7, 11) is 0. The molecule has 0 heterocycles. The van der Waals surface area contributed by atoms with Gasteiger partial charge >= 0.3 is 5.97 Å². The highest BCUT2D eigenvalue weighted by molar-refractivity contribution is 5.94. The van der Waals surface area contributed by atoms with Crippen LogP contribution >= 0.6 is 0 Å². The maximum Gasteiger partial charge on any atom is 0.330 e. The van der Waals surface area contributed by atoms with E-state index in [1.807, 2.05) is 20.8 Å². The van der Waals surface area contributed by atoms with Crippen LogP contribution in [0.15, 0.2) is 24.3 Å². The standard InChI is InChI=1S/C12H18O3/c1-5-15-11(14)9-7-6-8-10(13)12(2,3)4/h6-9H,5H2,1-4H3/b8-6+,9-7+. The van der Waals surface area contributed by atoms with Crippen molar-refractivity contribution >= 4 is 11.8 Å². The summed E-state index contributed by atoms with van der Waals surface area (Å²) in [5, 5.41) is 0. The Morgan fingerprint density at radius 3 is 2.13 bits per heavy atom. The Kier molecular flexibility index (Phi) is 5.60. The van der Waals surface area contributed by atoms with Crippen LogP contribution in [0.2, 0.25) is 0 Å². The van der Waals surface area contributed by atoms with E-state index in [1.54, 1.807) is 13.0 Å². The van der Waals surface area contributed by atoms with Gasteiger partial charge in [0.1, 0.15) is 0 Å². The highest BCUT2D eigenvalue weighted by atomic mass is 16.5. The van der Waals surface area contributed by atoms with Gasteiger partial charge in [-0.3, -0.25) is 4.79 Å². The van der Waals surface area contributed by atoms with Crippen molar-refractivity contribution in [2.75, 3.05) is 6.61 Å². The number of hydrogen-bond donors (Lipinski definition) is 0. The quantitative estimate of drug-likeness (QED) is 0.406. The third-order valence-corrected chi connectivity index (χ3v) is 1.62. The fourth-order valence-corrected chi connectivity index (χ4v) is 0.717. The van der Waals surface area contributed by atoms with Gasteiger partial charge in [0.2, 0.25) is 0 Å². The summed E-state index contributed by atoms with van der Waals surface area (Å²) >= 11 is 0. The molecular weight excluding hydrogens is 192 g/mol. The summed E-state index contributed by atoms with van der Waals surface area (Å²) in [5.74, 6) is -0.374. The number of ketones is 1. The zero-order valence-electron chi connectivity index (χ0n) is 9.74. The summed E-state index contributed by atoms with van der Waals surface area (Å²) in [6, 6.07) is 0. The molecule has 0 saturated carbocycles. The van der Waals surface area contributed by atoms with Crippen LogP contribution in [0.4, 0.5) is 0 Å². The zero-order valence-corrected chi connectivity index (χ0v) is 9.74. The molecule has 3 heteroatoms. The van der Waals surface area contributed by atoms with Crippen molar-refractivity contribution < 1.29 is 14.3 Å². The number of ether oxygens (including phenoxy) is 1. The van der Waals surface area contributed by atoms with Crippen LogP contribution in [0.5, 0.6) is 0 Å². The van der Waals surface area contributed by atoms with Crippen LogP contribution in [-0.2, 0) is 14.3 Å². The van der Waals surface area contributed by atoms with E-state index in [2.05, 4.69) is 4.74 Å². The summed E-state index contributed by atoms with van der Waals surface area (Å²) in [6.45, 7) is 7.62. The molecule has 0 rings (SSSR count). The maximum absolute atomic E-state index is 11.4. The minimum absolute atomic E-state index is 0.0241. The predicted octanol–water partition coefficient (Wildman–Crippen LogP) is 2.28. The molecule has 0 aliphatic carbocycles. The van der Waals surface area contributed by atoms with Gasteiger partial charge in [-0.15, -0.1) is 0 Å². The van der Waals surface area contributed by atoms with Crippen molar-refractivity contribution in [2.24, 2.45) is 5.41 Å². The molecule has 0 aromatic rings. The summed E-state index contributed by atoms with van der Waals surface area (Å²) in [4.78, 5) is 22.3. The summed E-state index contributed by atoms with van der Waals surface area (Å²) in [5.41, 5.74) is -0.381. The third-order valence-electron chi connectivity index (χ3n) is 1.62. The third kappa shape index (κ3) is 6.66. The molecule has 0 amide bonds. The van der Waals surface area contributed by atoms with Crippen molar-refractivity contribution in [1.82, 2.24) is 0 Å². The van der Waals surface area contributed by atoms with Gasteiger partial charge < -0.3 is 4.74 Å². The van der Waals surface area contributed by atoms with Gasteiger partial charge in [0.05, 0.1) is 6.61 Å². The predicted molar refractivity (Wildman–Crippen MR) is 59.4 cm³/mol. The van der Waals surface area contributed by atoms with Gasteiger partial charge in [-0.05, 0) is 13.0 Å². The monoisotopic (exact) mass is 210 g/mol.